The van der Waals surface area contributed by atoms with Crippen LogP contribution in [0.15, 0.2) is 48.5 Å². The molecule has 2 aromatic rings. The topological polar surface area (TPSA) is 35.6 Å². The zero-order chi connectivity index (χ0) is 21.4. The van der Waals surface area contributed by atoms with Crippen LogP contribution in [-0.4, -0.2) is 36.0 Å². The molecule has 7 heteroatoms. The van der Waals surface area contributed by atoms with Crippen molar-refractivity contribution in [2.75, 3.05) is 20.1 Å². The molecule has 0 heterocycles. The molecule has 0 atom stereocenters. The van der Waals surface area contributed by atoms with Gasteiger partial charge in [0.15, 0.2) is 0 Å². The lowest BCUT2D eigenvalue weighted by Gasteiger charge is -2.19. The highest BCUT2D eigenvalue weighted by Gasteiger charge is 2.29. The van der Waals surface area contributed by atoms with E-state index in [1.165, 1.54) is 22.6 Å². The number of carbonyl (C=O) groups excluding carboxylic acids is 1. The van der Waals surface area contributed by atoms with Crippen LogP contribution in [0.25, 0.3) is 0 Å². The van der Waals surface area contributed by atoms with Crippen molar-refractivity contribution in [1.29, 1.82) is 0 Å². The van der Waals surface area contributed by atoms with Crippen LogP contribution in [0.2, 0.25) is 0 Å². The first-order valence-corrected chi connectivity index (χ1v) is 9.68. The van der Waals surface area contributed by atoms with Crippen molar-refractivity contribution in [2.45, 2.75) is 39.7 Å². The molecular weight excluding hydrogens is 379 g/mol. The lowest BCUT2D eigenvalue weighted by Crippen LogP contribution is -2.36. The highest BCUT2D eigenvalue weighted by molar-refractivity contribution is 5.73. The average Bonchev–Trinajstić information content (AvgIpc) is 2.70. The number of nitrogens with one attached hydrogen (secondary N) is 1. The first-order chi connectivity index (χ1) is 13.7. The number of rotatable bonds is 8. The van der Waals surface area contributed by atoms with E-state index in [-0.39, 0.29) is 12.6 Å². The summed E-state index contributed by atoms with van der Waals surface area (Å²) in [5.41, 5.74) is 2.15. The van der Waals surface area contributed by atoms with Crippen molar-refractivity contribution >= 4 is 6.03 Å². The number of nitrogens with zero attached hydrogens (tertiary/aromatic N) is 2. The summed E-state index contributed by atoms with van der Waals surface area (Å²) in [6, 6.07) is 12.7. The van der Waals surface area contributed by atoms with Crippen molar-refractivity contribution in [3.05, 3.63) is 70.8 Å². The Labute approximate surface area is 170 Å². The summed E-state index contributed by atoms with van der Waals surface area (Å²) in [4.78, 5) is 16.0. The Morgan fingerprint density at radius 2 is 1.34 bits per heavy atom. The summed E-state index contributed by atoms with van der Waals surface area (Å²) in [6.45, 7) is 7.78. The van der Waals surface area contributed by atoms with Gasteiger partial charge in [0.25, 0.3) is 0 Å². The van der Waals surface area contributed by atoms with Crippen LogP contribution in [-0.2, 0) is 25.8 Å². The fourth-order valence-electron chi connectivity index (χ4n) is 2.93. The number of hydrogen-bond acceptors (Lipinski definition) is 2. The van der Waals surface area contributed by atoms with Gasteiger partial charge in [0.05, 0.1) is 5.56 Å². The van der Waals surface area contributed by atoms with Crippen molar-refractivity contribution < 1.29 is 18.0 Å². The van der Waals surface area contributed by atoms with Crippen molar-refractivity contribution in [3.63, 3.8) is 0 Å². The van der Waals surface area contributed by atoms with E-state index in [1.807, 2.05) is 12.1 Å². The molecule has 29 heavy (non-hydrogen) atoms. The highest BCUT2D eigenvalue weighted by Crippen LogP contribution is 2.29. The van der Waals surface area contributed by atoms with Gasteiger partial charge in [-0.3, -0.25) is 4.90 Å². The van der Waals surface area contributed by atoms with Gasteiger partial charge in [-0.25, -0.2) is 4.79 Å². The van der Waals surface area contributed by atoms with E-state index < -0.39 is 11.7 Å². The summed E-state index contributed by atoms with van der Waals surface area (Å²) in [6.07, 6.45) is -4.36. The van der Waals surface area contributed by atoms with Gasteiger partial charge in [-0.05, 0) is 41.9 Å². The number of alkyl halides is 3. The Morgan fingerprint density at radius 3 is 1.86 bits per heavy atom. The third-order valence-electron chi connectivity index (χ3n) is 4.82. The van der Waals surface area contributed by atoms with Crippen molar-refractivity contribution in [1.82, 2.24) is 15.1 Å². The van der Waals surface area contributed by atoms with Crippen LogP contribution in [0.4, 0.5) is 18.0 Å². The second-order valence-corrected chi connectivity index (χ2v) is 6.99. The minimum atomic E-state index is -4.36. The minimum absolute atomic E-state index is 0.229. The number of hydrogen-bond donors (Lipinski definition) is 1. The van der Waals surface area contributed by atoms with E-state index in [9.17, 15) is 18.0 Å². The number of urea groups is 1. The first kappa shape index (κ1) is 22.7. The van der Waals surface area contributed by atoms with E-state index in [1.54, 1.807) is 7.05 Å². The zero-order valence-corrected chi connectivity index (χ0v) is 17.1. The maximum atomic E-state index is 12.6. The Balaban J connectivity index is 1.83. The summed E-state index contributed by atoms with van der Waals surface area (Å²) in [5.74, 6) is 0. The van der Waals surface area contributed by atoms with Crippen LogP contribution in [0.5, 0.6) is 0 Å². The Hall–Kier alpha value is -2.54. The molecule has 0 aliphatic carbocycles. The van der Waals surface area contributed by atoms with Gasteiger partial charge in [-0.1, -0.05) is 50.2 Å². The highest BCUT2D eigenvalue weighted by atomic mass is 19.4. The molecule has 4 nitrogen and oxygen atoms in total. The van der Waals surface area contributed by atoms with Gasteiger partial charge in [0.1, 0.15) is 0 Å². The summed E-state index contributed by atoms with van der Waals surface area (Å²) in [5, 5.41) is 2.83. The SMILES string of the molecule is CCN(CC)Cc1ccc(CNC(=O)N(C)Cc2ccc(C(F)(F)F)cc2)cc1. The monoisotopic (exact) mass is 407 g/mol. The van der Waals surface area contributed by atoms with Crippen LogP contribution >= 0.6 is 0 Å². The van der Waals surface area contributed by atoms with Gasteiger partial charge in [-0.15, -0.1) is 0 Å². The molecular formula is C22H28F3N3O. The number of carbonyl (C=O) groups is 1. The molecule has 0 unspecified atom stereocenters. The molecule has 2 rings (SSSR count). The molecule has 0 radical (unpaired) electrons. The van der Waals surface area contributed by atoms with Gasteiger partial charge in [-0.2, -0.15) is 13.2 Å². The average molecular weight is 407 g/mol. The van der Waals surface area contributed by atoms with E-state index in [2.05, 4.69) is 36.2 Å². The van der Waals surface area contributed by atoms with Gasteiger partial charge < -0.3 is 10.2 Å². The third kappa shape index (κ3) is 7.09. The van der Waals surface area contributed by atoms with Crippen molar-refractivity contribution in [2.24, 2.45) is 0 Å². The van der Waals surface area contributed by atoms with Crippen LogP contribution in [0.3, 0.4) is 0 Å². The fraction of sp³-hybridized carbons (Fsp3) is 0.409. The quantitative estimate of drug-likeness (QED) is 0.676. The Kier molecular flexibility index (Phi) is 8.08. The Morgan fingerprint density at radius 1 is 0.862 bits per heavy atom. The first-order valence-electron chi connectivity index (χ1n) is 9.68. The third-order valence-corrected chi connectivity index (χ3v) is 4.82. The lowest BCUT2D eigenvalue weighted by atomic mass is 10.1. The molecule has 2 aromatic carbocycles. The van der Waals surface area contributed by atoms with Gasteiger partial charge in [0, 0.05) is 26.7 Å². The molecule has 1 N–H and O–H groups in total. The molecule has 0 spiro atoms. The second kappa shape index (κ2) is 10.3. The molecule has 2 amide bonds. The molecule has 0 saturated heterocycles. The lowest BCUT2D eigenvalue weighted by molar-refractivity contribution is -0.137. The molecule has 158 valence electrons. The molecule has 0 saturated carbocycles. The van der Waals surface area contributed by atoms with E-state index in [0.29, 0.717) is 12.1 Å². The maximum Gasteiger partial charge on any atom is 0.416 e. The fourth-order valence-corrected chi connectivity index (χ4v) is 2.93. The molecule has 0 aliphatic rings. The number of benzene rings is 2. The standard InChI is InChI=1S/C22H28F3N3O/c1-4-28(5-2)16-19-8-6-17(7-9-19)14-26-21(29)27(3)15-18-10-12-20(13-11-18)22(23,24)25/h6-13H,4-5,14-16H2,1-3H3,(H,26,29). The molecule has 0 bridgehead atoms. The van der Waals surface area contributed by atoms with Gasteiger partial charge >= 0.3 is 12.2 Å². The second-order valence-electron chi connectivity index (χ2n) is 6.99. The predicted octanol–water partition coefficient (Wildman–Crippen LogP) is 4.89. The van der Waals surface area contributed by atoms with E-state index in [4.69, 9.17) is 0 Å². The zero-order valence-electron chi connectivity index (χ0n) is 17.1. The predicted molar refractivity (Wildman–Crippen MR) is 108 cm³/mol. The summed E-state index contributed by atoms with van der Waals surface area (Å²) < 4.78 is 37.9. The minimum Gasteiger partial charge on any atom is -0.334 e. The van der Waals surface area contributed by atoms with E-state index in [0.717, 1.165) is 37.3 Å². The summed E-state index contributed by atoms with van der Waals surface area (Å²) >= 11 is 0. The van der Waals surface area contributed by atoms with Gasteiger partial charge in [0.2, 0.25) is 0 Å². The van der Waals surface area contributed by atoms with Crippen molar-refractivity contribution in [3.8, 4) is 0 Å². The summed E-state index contributed by atoms with van der Waals surface area (Å²) in [7, 11) is 1.61. The number of amides is 2. The normalized spacial score (nSPS) is 11.6. The Bertz CT molecular complexity index is 769. The smallest absolute Gasteiger partial charge is 0.334 e. The van der Waals surface area contributed by atoms with E-state index >= 15 is 0 Å². The molecule has 0 aliphatic heterocycles. The maximum absolute atomic E-state index is 12.6. The number of halogens is 3. The van der Waals surface area contributed by atoms with Crippen LogP contribution in [0.1, 0.15) is 36.1 Å². The largest absolute Gasteiger partial charge is 0.416 e. The van der Waals surface area contributed by atoms with Crippen LogP contribution < -0.4 is 5.32 Å². The van der Waals surface area contributed by atoms with Crippen LogP contribution in [0, 0.1) is 0 Å². The molecule has 0 aromatic heterocycles. The molecule has 0 fully saturated rings.